The highest BCUT2D eigenvalue weighted by Crippen LogP contribution is 2.38. The van der Waals surface area contributed by atoms with Crippen LogP contribution < -0.4 is 9.46 Å². The number of nitrogens with one attached hydrogen (secondary N) is 1. The van der Waals surface area contributed by atoms with Crippen molar-refractivity contribution in [3.8, 4) is 5.75 Å². The first-order valence-corrected chi connectivity index (χ1v) is 9.40. The molecule has 0 saturated heterocycles. The zero-order valence-corrected chi connectivity index (χ0v) is 14.4. The van der Waals surface area contributed by atoms with Gasteiger partial charge in [-0.2, -0.15) is 0 Å². The first kappa shape index (κ1) is 17.6. The molecule has 1 saturated carbocycles. The first-order valence-electron chi connectivity index (χ1n) is 8.08. The second-order valence-corrected chi connectivity index (χ2v) is 7.55. The van der Waals surface area contributed by atoms with E-state index in [1.165, 1.54) is 12.5 Å². The molecule has 124 valence electrons. The fourth-order valence-corrected chi connectivity index (χ4v) is 3.56. The fraction of sp³-hybridized carbons (Fsp3) is 0.647. The van der Waals surface area contributed by atoms with Gasteiger partial charge in [-0.25, -0.2) is 4.39 Å². The van der Waals surface area contributed by atoms with Crippen LogP contribution >= 0.6 is 0 Å². The minimum Gasteiger partial charge on any atom is -0.598 e. The number of rotatable bonds is 9. The van der Waals surface area contributed by atoms with Gasteiger partial charge in [-0.1, -0.05) is 20.3 Å². The minimum atomic E-state index is -1.13. The summed E-state index contributed by atoms with van der Waals surface area (Å²) in [6.07, 6.45) is 3.11. The van der Waals surface area contributed by atoms with E-state index < -0.39 is 11.4 Å². The van der Waals surface area contributed by atoms with E-state index in [1.807, 2.05) is 6.92 Å². The predicted molar refractivity (Wildman–Crippen MR) is 88.6 cm³/mol. The molecule has 1 aliphatic carbocycles. The van der Waals surface area contributed by atoms with E-state index in [0.717, 1.165) is 18.8 Å². The van der Waals surface area contributed by atoms with Crippen LogP contribution in [-0.4, -0.2) is 16.9 Å². The van der Waals surface area contributed by atoms with Gasteiger partial charge >= 0.3 is 0 Å². The second-order valence-electron chi connectivity index (χ2n) is 6.21. The van der Waals surface area contributed by atoms with Crippen molar-refractivity contribution in [2.75, 3.05) is 12.4 Å². The standard InChI is InChI=1S/C17H26FNO2S/c1-4-5-8-22(20)19-13(3)16-10-15(6-7-17(16)18)21-11-14-9-12(14)2/h6-7,10,12-14,19H,4-5,8-9,11H2,1-3H3/t12-,13-,14?,22-/m0/s1. The van der Waals surface area contributed by atoms with Crippen LogP contribution in [0, 0.1) is 17.7 Å². The third-order valence-electron chi connectivity index (χ3n) is 4.17. The molecule has 1 aromatic rings. The van der Waals surface area contributed by atoms with Crippen LogP contribution in [0.2, 0.25) is 0 Å². The molecule has 0 radical (unpaired) electrons. The molecule has 1 unspecified atom stereocenters. The second kappa shape index (κ2) is 8.18. The maximum Gasteiger partial charge on any atom is 0.128 e. The van der Waals surface area contributed by atoms with E-state index in [4.69, 9.17) is 4.74 Å². The van der Waals surface area contributed by atoms with Crippen LogP contribution in [0.1, 0.15) is 51.6 Å². The summed E-state index contributed by atoms with van der Waals surface area (Å²) in [5.74, 6) is 2.35. The van der Waals surface area contributed by atoms with E-state index >= 15 is 0 Å². The number of benzene rings is 1. The molecule has 0 amide bonds. The summed E-state index contributed by atoms with van der Waals surface area (Å²) in [6, 6.07) is 4.50. The van der Waals surface area contributed by atoms with Gasteiger partial charge in [-0.15, -0.1) is 4.72 Å². The summed E-state index contributed by atoms with van der Waals surface area (Å²) in [7, 11) is 0. The lowest BCUT2D eigenvalue weighted by Gasteiger charge is -2.18. The van der Waals surface area contributed by atoms with Crippen LogP contribution in [0.3, 0.4) is 0 Å². The molecule has 2 rings (SSSR count). The van der Waals surface area contributed by atoms with Crippen LogP contribution in [-0.2, 0) is 11.4 Å². The van der Waals surface area contributed by atoms with E-state index in [2.05, 4.69) is 18.6 Å². The summed E-state index contributed by atoms with van der Waals surface area (Å²) < 4.78 is 34.6. The molecule has 1 aliphatic rings. The molecular formula is C17H26FNO2S. The zero-order valence-electron chi connectivity index (χ0n) is 13.6. The molecule has 0 bridgehead atoms. The lowest BCUT2D eigenvalue weighted by Crippen LogP contribution is -2.29. The number of unbranched alkanes of at least 4 members (excludes halogenated alkanes) is 1. The molecule has 0 heterocycles. The van der Waals surface area contributed by atoms with Crippen molar-refractivity contribution in [2.45, 2.75) is 46.1 Å². The van der Waals surface area contributed by atoms with Gasteiger partial charge in [-0.05, 0) is 49.8 Å². The van der Waals surface area contributed by atoms with Crippen molar-refractivity contribution in [2.24, 2.45) is 11.8 Å². The normalized spacial score (nSPS) is 23.1. The van der Waals surface area contributed by atoms with Crippen LogP contribution in [0.5, 0.6) is 5.75 Å². The van der Waals surface area contributed by atoms with E-state index in [1.54, 1.807) is 12.1 Å². The SMILES string of the molecule is CCCC[S@+]([O-])N[C@@H](C)c1cc(OCC2C[C@@H]2C)ccc1F. The molecule has 1 fully saturated rings. The van der Waals surface area contributed by atoms with E-state index in [9.17, 15) is 8.94 Å². The average molecular weight is 327 g/mol. The number of hydrogen-bond donors (Lipinski definition) is 1. The molecule has 1 aromatic carbocycles. The van der Waals surface area contributed by atoms with Gasteiger partial charge in [0.25, 0.3) is 0 Å². The summed E-state index contributed by atoms with van der Waals surface area (Å²) in [5, 5.41) is 0. The number of halogens is 1. The zero-order chi connectivity index (χ0) is 16.1. The van der Waals surface area contributed by atoms with Crippen molar-refractivity contribution >= 4 is 11.4 Å². The predicted octanol–water partition coefficient (Wildman–Crippen LogP) is 3.97. The van der Waals surface area contributed by atoms with Crippen molar-refractivity contribution < 1.29 is 13.7 Å². The smallest absolute Gasteiger partial charge is 0.128 e. The van der Waals surface area contributed by atoms with Crippen molar-refractivity contribution in [3.05, 3.63) is 29.6 Å². The number of ether oxygens (including phenoxy) is 1. The Hall–Kier alpha value is -0.780. The van der Waals surface area contributed by atoms with Crippen LogP contribution in [0.15, 0.2) is 18.2 Å². The van der Waals surface area contributed by atoms with Crippen molar-refractivity contribution in [1.82, 2.24) is 4.72 Å². The summed E-state index contributed by atoms with van der Waals surface area (Å²) in [6.45, 7) is 6.79. The average Bonchev–Trinajstić information content (AvgIpc) is 3.19. The van der Waals surface area contributed by atoms with Crippen molar-refractivity contribution in [3.63, 3.8) is 0 Å². The highest BCUT2D eigenvalue weighted by molar-refractivity contribution is 7.89. The Morgan fingerprint density at radius 2 is 2.23 bits per heavy atom. The molecule has 0 spiro atoms. The lowest BCUT2D eigenvalue weighted by molar-refractivity contribution is 0.292. The van der Waals surface area contributed by atoms with Gasteiger partial charge in [0.1, 0.15) is 17.3 Å². The molecular weight excluding hydrogens is 301 g/mol. The molecule has 22 heavy (non-hydrogen) atoms. The quantitative estimate of drug-likeness (QED) is 0.698. The summed E-state index contributed by atoms with van der Waals surface area (Å²) >= 11 is -1.13. The van der Waals surface area contributed by atoms with Crippen LogP contribution in [0.25, 0.3) is 0 Å². The summed E-state index contributed by atoms with van der Waals surface area (Å²) in [5.41, 5.74) is 0.506. The largest absolute Gasteiger partial charge is 0.598 e. The van der Waals surface area contributed by atoms with Gasteiger partial charge in [0.2, 0.25) is 0 Å². The van der Waals surface area contributed by atoms with Crippen LogP contribution in [0.4, 0.5) is 4.39 Å². The third kappa shape index (κ3) is 5.14. The summed E-state index contributed by atoms with van der Waals surface area (Å²) in [4.78, 5) is 0. The Morgan fingerprint density at radius 3 is 2.86 bits per heavy atom. The Morgan fingerprint density at radius 1 is 1.50 bits per heavy atom. The minimum absolute atomic E-state index is 0.292. The van der Waals surface area contributed by atoms with Gasteiger partial charge in [-0.3, -0.25) is 0 Å². The van der Waals surface area contributed by atoms with Gasteiger partial charge in [0, 0.05) is 16.9 Å². The third-order valence-corrected chi connectivity index (χ3v) is 5.44. The molecule has 1 N–H and O–H groups in total. The van der Waals surface area contributed by atoms with Gasteiger partial charge in [0.05, 0.1) is 12.6 Å². The Kier molecular flexibility index (Phi) is 6.53. The van der Waals surface area contributed by atoms with E-state index in [0.29, 0.717) is 29.6 Å². The molecule has 3 nitrogen and oxygen atoms in total. The number of hydrogen-bond acceptors (Lipinski definition) is 3. The first-order chi connectivity index (χ1) is 10.5. The highest BCUT2D eigenvalue weighted by atomic mass is 32.2. The highest BCUT2D eigenvalue weighted by Gasteiger charge is 2.33. The Balaban J connectivity index is 1.92. The molecule has 5 heteroatoms. The monoisotopic (exact) mass is 327 g/mol. The Bertz CT molecular complexity index is 486. The maximum absolute atomic E-state index is 14.0. The van der Waals surface area contributed by atoms with Gasteiger partial charge < -0.3 is 9.29 Å². The van der Waals surface area contributed by atoms with E-state index in [-0.39, 0.29) is 11.9 Å². The lowest BCUT2D eigenvalue weighted by atomic mass is 10.1. The fourth-order valence-electron chi connectivity index (χ4n) is 2.37. The van der Waals surface area contributed by atoms with Crippen molar-refractivity contribution in [1.29, 1.82) is 0 Å². The molecule has 4 atom stereocenters. The maximum atomic E-state index is 14.0. The molecule has 0 aromatic heterocycles. The molecule has 0 aliphatic heterocycles. The Labute approximate surface area is 135 Å². The topological polar surface area (TPSA) is 44.3 Å². The van der Waals surface area contributed by atoms with Gasteiger partial charge in [0.15, 0.2) is 0 Å².